The molecule has 0 aliphatic carbocycles. The Bertz CT molecular complexity index is 869. The Kier molecular flexibility index (Phi) is 4.29. The molecule has 0 radical (unpaired) electrons. The first-order valence-corrected chi connectivity index (χ1v) is 7.55. The predicted molar refractivity (Wildman–Crippen MR) is 91.2 cm³/mol. The first kappa shape index (κ1) is 15.7. The van der Waals surface area contributed by atoms with Crippen molar-refractivity contribution < 1.29 is 19.8 Å². The first-order chi connectivity index (χ1) is 11.6. The zero-order valence-electron chi connectivity index (χ0n) is 12.8. The largest absolute Gasteiger partial charge is 0.481 e. The Morgan fingerprint density at radius 2 is 1.50 bits per heavy atom. The molecule has 1 heterocycles. The van der Waals surface area contributed by atoms with Gasteiger partial charge in [0.1, 0.15) is 6.04 Å². The van der Waals surface area contributed by atoms with Gasteiger partial charge in [0.2, 0.25) is 0 Å². The van der Waals surface area contributed by atoms with Crippen LogP contribution in [0.3, 0.4) is 0 Å². The van der Waals surface area contributed by atoms with Crippen molar-refractivity contribution in [1.82, 2.24) is 4.98 Å². The van der Waals surface area contributed by atoms with Gasteiger partial charge in [-0.15, -0.1) is 0 Å². The normalized spacial score (nSPS) is 12.2. The molecule has 6 heteroatoms. The summed E-state index contributed by atoms with van der Waals surface area (Å²) in [5.41, 5.74) is 2.16. The van der Waals surface area contributed by atoms with Crippen LogP contribution in [0.5, 0.6) is 0 Å². The Morgan fingerprint density at radius 3 is 2.00 bits per heavy atom. The van der Waals surface area contributed by atoms with Crippen molar-refractivity contribution in [2.45, 2.75) is 18.9 Å². The average Bonchev–Trinajstić information content (AvgIpc) is 2.57. The van der Waals surface area contributed by atoms with Gasteiger partial charge >= 0.3 is 11.9 Å². The molecule has 0 spiro atoms. The van der Waals surface area contributed by atoms with Crippen LogP contribution >= 0.6 is 0 Å². The van der Waals surface area contributed by atoms with Crippen molar-refractivity contribution in [1.29, 1.82) is 0 Å². The van der Waals surface area contributed by atoms with Crippen LogP contribution in [-0.4, -0.2) is 33.2 Å². The second kappa shape index (κ2) is 6.54. The highest BCUT2D eigenvalue weighted by atomic mass is 16.4. The molecule has 0 aliphatic heterocycles. The number of benzene rings is 2. The van der Waals surface area contributed by atoms with E-state index in [0.717, 1.165) is 21.8 Å². The number of pyridine rings is 1. The molecule has 0 fully saturated rings. The lowest BCUT2D eigenvalue weighted by Gasteiger charge is -2.18. The van der Waals surface area contributed by atoms with Crippen molar-refractivity contribution in [3.63, 3.8) is 0 Å². The lowest BCUT2D eigenvalue weighted by Crippen LogP contribution is -2.30. The minimum Gasteiger partial charge on any atom is -0.481 e. The molecule has 0 bridgehead atoms. The van der Waals surface area contributed by atoms with Crippen LogP contribution in [0.25, 0.3) is 21.8 Å². The summed E-state index contributed by atoms with van der Waals surface area (Å²) in [6.07, 6.45) is -0.222. The van der Waals surface area contributed by atoms with E-state index in [-0.39, 0.29) is 12.8 Å². The van der Waals surface area contributed by atoms with E-state index in [1.54, 1.807) is 0 Å². The Morgan fingerprint density at radius 1 is 0.958 bits per heavy atom. The zero-order valence-corrected chi connectivity index (χ0v) is 12.8. The number of nitrogens with one attached hydrogen (secondary N) is 1. The second-order valence-electron chi connectivity index (χ2n) is 5.49. The lowest BCUT2D eigenvalue weighted by molar-refractivity contribution is -0.139. The molecule has 6 nitrogen and oxygen atoms in total. The monoisotopic (exact) mass is 324 g/mol. The Hall–Kier alpha value is -3.15. The molecule has 2 aromatic carbocycles. The number of rotatable bonds is 6. The van der Waals surface area contributed by atoms with E-state index in [0.29, 0.717) is 5.69 Å². The fourth-order valence-corrected chi connectivity index (χ4v) is 2.69. The van der Waals surface area contributed by atoms with Gasteiger partial charge in [0.15, 0.2) is 0 Å². The van der Waals surface area contributed by atoms with Gasteiger partial charge in [-0.3, -0.25) is 4.79 Å². The molecule has 3 rings (SSSR count). The summed E-state index contributed by atoms with van der Waals surface area (Å²) in [4.78, 5) is 26.9. The quantitative estimate of drug-likeness (QED) is 0.602. The van der Waals surface area contributed by atoms with E-state index in [1.165, 1.54) is 0 Å². The summed E-state index contributed by atoms with van der Waals surface area (Å²) in [6, 6.07) is 13.9. The van der Waals surface area contributed by atoms with Gasteiger partial charge in [0.05, 0.1) is 16.7 Å². The molecule has 122 valence electrons. The van der Waals surface area contributed by atoms with Crippen LogP contribution in [0.15, 0.2) is 48.5 Å². The molecule has 0 saturated carbocycles. The van der Waals surface area contributed by atoms with Crippen LogP contribution in [0.1, 0.15) is 12.8 Å². The molecule has 0 aliphatic rings. The number of aromatic nitrogens is 1. The summed E-state index contributed by atoms with van der Waals surface area (Å²) in [6.45, 7) is 0. The zero-order chi connectivity index (χ0) is 17.1. The van der Waals surface area contributed by atoms with Crippen molar-refractivity contribution in [3.05, 3.63) is 48.5 Å². The molecule has 1 atom stereocenters. The summed E-state index contributed by atoms with van der Waals surface area (Å²) in [5, 5.41) is 22.9. The number of hydrogen-bond donors (Lipinski definition) is 3. The van der Waals surface area contributed by atoms with E-state index >= 15 is 0 Å². The summed E-state index contributed by atoms with van der Waals surface area (Å²) < 4.78 is 0. The maximum absolute atomic E-state index is 11.5. The van der Waals surface area contributed by atoms with E-state index in [2.05, 4.69) is 10.3 Å². The Balaban J connectivity index is 2.11. The molecule has 1 aromatic heterocycles. The van der Waals surface area contributed by atoms with Gasteiger partial charge in [0, 0.05) is 17.2 Å². The molecular formula is C18H16N2O4. The lowest BCUT2D eigenvalue weighted by atomic mass is 10.1. The van der Waals surface area contributed by atoms with Gasteiger partial charge < -0.3 is 15.5 Å². The SMILES string of the molecule is O=C(O)CC[C@@H](Nc1c2ccccc2nc2ccccc12)C(=O)O. The summed E-state index contributed by atoms with van der Waals surface area (Å²) in [5.74, 6) is -2.10. The van der Waals surface area contributed by atoms with Crippen molar-refractivity contribution in [3.8, 4) is 0 Å². The maximum Gasteiger partial charge on any atom is 0.326 e. The van der Waals surface area contributed by atoms with E-state index < -0.39 is 18.0 Å². The highest BCUT2D eigenvalue weighted by molar-refractivity contribution is 6.08. The number of carbonyl (C=O) groups is 2. The average molecular weight is 324 g/mol. The number of carboxylic acids is 2. The number of carboxylic acid groups (broad SMARTS) is 2. The smallest absolute Gasteiger partial charge is 0.326 e. The minimum atomic E-state index is -1.08. The third-order valence-electron chi connectivity index (χ3n) is 3.85. The number of nitrogens with zero attached hydrogens (tertiary/aromatic N) is 1. The fourth-order valence-electron chi connectivity index (χ4n) is 2.69. The summed E-state index contributed by atoms with van der Waals surface area (Å²) >= 11 is 0. The Labute approximate surface area is 137 Å². The number of aliphatic carboxylic acids is 2. The standard InChI is InChI=1S/C18H16N2O4/c21-16(22)10-9-15(18(23)24)20-17-11-5-1-3-7-13(11)19-14-8-4-2-6-12(14)17/h1-8,15H,9-10H2,(H,19,20)(H,21,22)(H,23,24)/t15-/m1/s1. The van der Waals surface area contributed by atoms with Crippen molar-refractivity contribution >= 4 is 39.4 Å². The number of para-hydroxylation sites is 2. The molecule has 3 aromatic rings. The van der Waals surface area contributed by atoms with E-state index in [4.69, 9.17) is 5.11 Å². The number of anilines is 1. The van der Waals surface area contributed by atoms with Crippen LogP contribution < -0.4 is 5.32 Å². The molecule has 0 saturated heterocycles. The third kappa shape index (κ3) is 3.12. The van der Waals surface area contributed by atoms with Crippen molar-refractivity contribution in [2.24, 2.45) is 0 Å². The molecule has 24 heavy (non-hydrogen) atoms. The van der Waals surface area contributed by atoms with Crippen molar-refractivity contribution in [2.75, 3.05) is 5.32 Å². The molecule has 0 amide bonds. The van der Waals surface area contributed by atoms with Gasteiger partial charge in [-0.1, -0.05) is 36.4 Å². The van der Waals surface area contributed by atoms with Gasteiger partial charge in [-0.2, -0.15) is 0 Å². The highest BCUT2D eigenvalue weighted by Crippen LogP contribution is 2.31. The van der Waals surface area contributed by atoms with Gasteiger partial charge in [0.25, 0.3) is 0 Å². The third-order valence-corrected chi connectivity index (χ3v) is 3.85. The summed E-state index contributed by atoms with van der Waals surface area (Å²) in [7, 11) is 0. The second-order valence-corrected chi connectivity index (χ2v) is 5.49. The van der Waals surface area contributed by atoms with Crippen LogP contribution in [0.2, 0.25) is 0 Å². The predicted octanol–water partition coefficient (Wildman–Crippen LogP) is 3.12. The highest BCUT2D eigenvalue weighted by Gasteiger charge is 2.20. The molecule has 3 N–H and O–H groups in total. The topological polar surface area (TPSA) is 99.5 Å². The fraction of sp³-hybridized carbons (Fsp3) is 0.167. The maximum atomic E-state index is 11.5. The van der Waals surface area contributed by atoms with Gasteiger partial charge in [-0.25, -0.2) is 9.78 Å². The first-order valence-electron chi connectivity index (χ1n) is 7.55. The minimum absolute atomic E-state index is 0.00432. The van der Waals surface area contributed by atoms with Crippen LogP contribution in [0.4, 0.5) is 5.69 Å². The van der Waals surface area contributed by atoms with E-state index in [9.17, 15) is 14.7 Å². The van der Waals surface area contributed by atoms with Crippen LogP contribution in [-0.2, 0) is 9.59 Å². The van der Waals surface area contributed by atoms with Crippen LogP contribution in [0, 0.1) is 0 Å². The van der Waals surface area contributed by atoms with Gasteiger partial charge in [-0.05, 0) is 18.6 Å². The number of hydrogen-bond acceptors (Lipinski definition) is 4. The number of fused-ring (bicyclic) bond motifs is 2. The molecular weight excluding hydrogens is 308 g/mol. The van der Waals surface area contributed by atoms with E-state index in [1.807, 2.05) is 48.5 Å². The molecule has 0 unspecified atom stereocenters.